The molecule has 1 heterocycles. The zero-order chi connectivity index (χ0) is 11.6. The molecule has 1 N–H and O–H groups in total. The maximum absolute atomic E-state index is 4.46. The summed E-state index contributed by atoms with van der Waals surface area (Å²) in [7, 11) is 0. The molecule has 1 aromatic rings. The van der Waals surface area contributed by atoms with E-state index in [1.54, 1.807) is 0 Å². The van der Waals surface area contributed by atoms with Gasteiger partial charge in [0.05, 0.1) is 0 Å². The average Bonchev–Trinajstić information content (AvgIpc) is 2.98. The van der Waals surface area contributed by atoms with Crippen LogP contribution >= 0.6 is 0 Å². The summed E-state index contributed by atoms with van der Waals surface area (Å²) in [5.41, 5.74) is 1.46. The highest BCUT2D eigenvalue weighted by Crippen LogP contribution is 2.45. The van der Waals surface area contributed by atoms with Gasteiger partial charge in [-0.05, 0) is 25.3 Å². The van der Waals surface area contributed by atoms with Crippen molar-refractivity contribution in [2.75, 3.05) is 6.54 Å². The van der Waals surface area contributed by atoms with Crippen LogP contribution < -0.4 is 5.32 Å². The smallest absolute Gasteiger partial charge is 0.134 e. The lowest BCUT2D eigenvalue weighted by atomic mass is 10.1. The Labute approximate surface area is 97.7 Å². The summed E-state index contributed by atoms with van der Waals surface area (Å²) in [5.74, 6) is 1.70. The van der Waals surface area contributed by atoms with Crippen LogP contribution in [-0.2, 0) is 12.0 Å². The Bertz CT molecular complexity index is 339. The zero-order valence-corrected chi connectivity index (χ0v) is 10.5. The van der Waals surface area contributed by atoms with Gasteiger partial charge in [0.25, 0.3) is 0 Å². The van der Waals surface area contributed by atoms with Gasteiger partial charge in [0, 0.05) is 29.9 Å². The summed E-state index contributed by atoms with van der Waals surface area (Å²) in [6.07, 6.45) is 6.38. The van der Waals surface area contributed by atoms with Gasteiger partial charge < -0.3 is 5.32 Å². The molecule has 0 bridgehead atoms. The zero-order valence-electron chi connectivity index (χ0n) is 10.5. The van der Waals surface area contributed by atoms with Crippen molar-refractivity contribution in [3.63, 3.8) is 0 Å². The van der Waals surface area contributed by atoms with Crippen molar-refractivity contribution in [3.8, 4) is 0 Å². The molecule has 0 unspecified atom stereocenters. The number of rotatable bonds is 5. The van der Waals surface area contributed by atoms with Crippen molar-refractivity contribution in [2.24, 2.45) is 5.92 Å². The van der Waals surface area contributed by atoms with Gasteiger partial charge in [-0.2, -0.15) is 0 Å². The molecule has 1 fully saturated rings. The minimum absolute atomic E-state index is 0.282. The van der Waals surface area contributed by atoms with Crippen LogP contribution in [0, 0.1) is 5.92 Å². The Balaban J connectivity index is 1.87. The molecule has 1 aliphatic rings. The molecule has 1 aromatic heterocycles. The van der Waals surface area contributed by atoms with E-state index in [0.717, 1.165) is 18.9 Å². The van der Waals surface area contributed by atoms with Crippen molar-refractivity contribution < 1.29 is 0 Å². The summed E-state index contributed by atoms with van der Waals surface area (Å²) in [4.78, 5) is 8.92. The van der Waals surface area contributed by atoms with E-state index in [2.05, 4.69) is 36.1 Å². The molecule has 1 saturated carbocycles. The molecule has 0 aliphatic heterocycles. The molecule has 2 rings (SSSR count). The number of aromatic nitrogens is 2. The molecule has 0 amide bonds. The lowest BCUT2D eigenvalue weighted by molar-refractivity contribution is 0.550. The number of nitrogens with zero attached hydrogens (tertiary/aromatic N) is 2. The fourth-order valence-electron chi connectivity index (χ4n) is 1.67. The van der Waals surface area contributed by atoms with E-state index in [9.17, 15) is 0 Å². The monoisotopic (exact) mass is 219 g/mol. The summed E-state index contributed by atoms with van der Waals surface area (Å²) in [6, 6.07) is 0. The fraction of sp³-hybridized carbons (Fsp3) is 0.692. The molecule has 3 heteroatoms. The summed E-state index contributed by atoms with van der Waals surface area (Å²) < 4.78 is 0. The molecule has 16 heavy (non-hydrogen) atoms. The molecule has 0 spiro atoms. The van der Waals surface area contributed by atoms with E-state index in [4.69, 9.17) is 0 Å². The predicted octanol–water partition coefficient (Wildman–Crippen LogP) is 2.27. The molecule has 88 valence electrons. The Kier molecular flexibility index (Phi) is 3.24. The first-order valence-electron chi connectivity index (χ1n) is 6.12. The summed E-state index contributed by atoms with van der Waals surface area (Å²) in [5, 5.41) is 3.39. The minimum atomic E-state index is 0.282. The van der Waals surface area contributed by atoms with Gasteiger partial charge in [-0.3, -0.25) is 0 Å². The Morgan fingerprint density at radius 1 is 1.31 bits per heavy atom. The number of hydrogen-bond acceptors (Lipinski definition) is 3. The van der Waals surface area contributed by atoms with Crippen LogP contribution in [0.2, 0.25) is 0 Å². The first-order valence-corrected chi connectivity index (χ1v) is 6.12. The van der Waals surface area contributed by atoms with E-state index in [-0.39, 0.29) is 5.41 Å². The fourth-order valence-corrected chi connectivity index (χ4v) is 1.67. The van der Waals surface area contributed by atoms with Gasteiger partial charge >= 0.3 is 0 Å². The van der Waals surface area contributed by atoms with E-state index in [0.29, 0.717) is 5.92 Å². The van der Waals surface area contributed by atoms with Gasteiger partial charge in [-0.15, -0.1) is 0 Å². The highest BCUT2D eigenvalue weighted by atomic mass is 14.9. The highest BCUT2D eigenvalue weighted by Gasteiger charge is 2.41. The highest BCUT2D eigenvalue weighted by molar-refractivity contribution is 5.17. The summed E-state index contributed by atoms with van der Waals surface area (Å²) in [6.45, 7) is 8.56. The van der Waals surface area contributed by atoms with Crippen LogP contribution in [0.4, 0.5) is 0 Å². The third kappa shape index (κ3) is 2.79. The van der Waals surface area contributed by atoms with Crippen molar-refractivity contribution in [1.29, 1.82) is 0 Å². The van der Waals surface area contributed by atoms with E-state index in [1.165, 1.54) is 18.4 Å². The molecule has 0 radical (unpaired) electrons. The standard InChI is InChI=1S/C13H21N3/c1-10(2)6-14-7-11-8-15-12(16-9-11)13(3)4-5-13/h8-10,14H,4-7H2,1-3H3. The van der Waals surface area contributed by atoms with Crippen LogP contribution in [0.5, 0.6) is 0 Å². The number of nitrogens with one attached hydrogen (secondary N) is 1. The predicted molar refractivity (Wildman–Crippen MR) is 65.2 cm³/mol. The van der Waals surface area contributed by atoms with Crippen LogP contribution in [0.15, 0.2) is 12.4 Å². The van der Waals surface area contributed by atoms with Gasteiger partial charge in [0.1, 0.15) is 5.82 Å². The quantitative estimate of drug-likeness (QED) is 0.825. The second-order valence-corrected chi connectivity index (χ2v) is 5.50. The van der Waals surface area contributed by atoms with Crippen LogP contribution in [0.1, 0.15) is 45.0 Å². The Hall–Kier alpha value is -0.960. The maximum atomic E-state index is 4.46. The van der Waals surface area contributed by atoms with Crippen LogP contribution in [0.25, 0.3) is 0 Å². The lowest BCUT2D eigenvalue weighted by Crippen LogP contribution is -2.19. The van der Waals surface area contributed by atoms with Crippen molar-refractivity contribution in [3.05, 3.63) is 23.8 Å². The third-order valence-corrected chi connectivity index (χ3v) is 3.13. The molecular formula is C13H21N3. The lowest BCUT2D eigenvalue weighted by Gasteiger charge is -2.09. The molecule has 0 aromatic carbocycles. The van der Waals surface area contributed by atoms with Gasteiger partial charge in [0.15, 0.2) is 0 Å². The van der Waals surface area contributed by atoms with E-state index < -0.39 is 0 Å². The normalized spacial score (nSPS) is 17.8. The molecular weight excluding hydrogens is 198 g/mol. The van der Waals surface area contributed by atoms with Crippen molar-refractivity contribution in [2.45, 2.75) is 45.6 Å². The Morgan fingerprint density at radius 3 is 2.44 bits per heavy atom. The minimum Gasteiger partial charge on any atom is -0.312 e. The second-order valence-electron chi connectivity index (χ2n) is 5.50. The summed E-state index contributed by atoms with van der Waals surface area (Å²) >= 11 is 0. The van der Waals surface area contributed by atoms with Gasteiger partial charge in [0.2, 0.25) is 0 Å². The Morgan fingerprint density at radius 2 is 1.94 bits per heavy atom. The SMILES string of the molecule is CC(C)CNCc1cnc(C2(C)CC2)nc1. The van der Waals surface area contributed by atoms with Crippen molar-refractivity contribution in [1.82, 2.24) is 15.3 Å². The van der Waals surface area contributed by atoms with Gasteiger partial charge in [-0.1, -0.05) is 20.8 Å². The van der Waals surface area contributed by atoms with Crippen molar-refractivity contribution >= 4 is 0 Å². The van der Waals surface area contributed by atoms with Gasteiger partial charge in [-0.25, -0.2) is 9.97 Å². The van der Waals surface area contributed by atoms with E-state index in [1.807, 2.05) is 12.4 Å². The molecule has 0 saturated heterocycles. The topological polar surface area (TPSA) is 37.8 Å². The third-order valence-electron chi connectivity index (χ3n) is 3.13. The molecule has 1 aliphatic carbocycles. The first kappa shape index (κ1) is 11.5. The average molecular weight is 219 g/mol. The largest absolute Gasteiger partial charge is 0.312 e. The number of hydrogen-bond donors (Lipinski definition) is 1. The first-order chi connectivity index (χ1) is 7.60. The van der Waals surface area contributed by atoms with Crippen LogP contribution in [-0.4, -0.2) is 16.5 Å². The maximum Gasteiger partial charge on any atom is 0.134 e. The molecule has 3 nitrogen and oxygen atoms in total. The van der Waals surface area contributed by atoms with E-state index >= 15 is 0 Å². The second kappa shape index (κ2) is 4.50. The molecule has 0 atom stereocenters. The van der Waals surface area contributed by atoms with Crippen LogP contribution in [0.3, 0.4) is 0 Å².